The molecule has 1 aliphatic heterocycles. The van der Waals surface area contributed by atoms with Crippen molar-refractivity contribution in [1.82, 2.24) is 24.8 Å². The molecule has 0 spiro atoms. The lowest BCUT2D eigenvalue weighted by Crippen LogP contribution is -2.66. The van der Waals surface area contributed by atoms with Gasteiger partial charge in [0.05, 0.1) is 18.3 Å². The summed E-state index contributed by atoms with van der Waals surface area (Å²) in [6.07, 6.45) is 3.59. The van der Waals surface area contributed by atoms with Crippen LogP contribution < -0.4 is 10.2 Å². The Labute approximate surface area is 117 Å². The molecule has 0 aromatic carbocycles. The van der Waals surface area contributed by atoms with Crippen LogP contribution in [0.5, 0.6) is 0 Å². The Kier molecular flexibility index (Phi) is 3.06. The summed E-state index contributed by atoms with van der Waals surface area (Å²) >= 11 is 0. The zero-order valence-electron chi connectivity index (χ0n) is 11.8. The molecule has 1 aliphatic rings. The van der Waals surface area contributed by atoms with Crippen molar-refractivity contribution in [3.05, 3.63) is 24.5 Å². The number of carbonyl (C=O) groups excluding carboxylic acids is 1. The fourth-order valence-electron chi connectivity index (χ4n) is 2.60. The first kappa shape index (κ1) is 12.9. The maximum atomic E-state index is 12.1. The fraction of sp³-hybridized carbons (Fsp3) is 0.462. The Morgan fingerprint density at radius 1 is 1.45 bits per heavy atom. The second-order valence-electron chi connectivity index (χ2n) is 5.14. The monoisotopic (exact) mass is 274 g/mol. The highest BCUT2D eigenvalue weighted by Gasteiger charge is 2.44. The van der Waals surface area contributed by atoms with Gasteiger partial charge >= 0.3 is 0 Å². The van der Waals surface area contributed by atoms with Gasteiger partial charge in [-0.25, -0.2) is 9.50 Å². The normalized spacial score (nSPS) is 21.9. The van der Waals surface area contributed by atoms with E-state index in [1.54, 1.807) is 29.7 Å². The van der Waals surface area contributed by atoms with Crippen LogP contribution in [-0.2, 0) is 4.79 Å². The van der Waals surface area contributed by atoms with Gasteiger partial charge in [0.1, 0.15) is 5.82 Å². The summed E-state index contributed by atoms with van der Waals surface area (Å²) < 4.78 is 1.72. The third-order valence-corrected chi connectivity index (χ3v) is 3.70. The van der Waals surface area contributed by atoms with E-state index in [4.69, 9.17) is 0 Å². The highest BCUT2D eigenvalue weighted by molar-refractivity contribution is 5.82. The summed E-state index contributed by atoms with van der Waals surface area (Å²) in [5.74, 6) is 0.976. The van der Waals surface area contributed by atoms with E-state index in [0.717, 1.165) is 11.5 Å². The van der Waals surface area contributed by atoms with Crippen molar-refractivity contribution in [3.8, 4) is 0 Å². The number of fused-ring (bicyclic) bond motifs is 1. The molecule has 106 valence electrons. The van der Waals surface area contributed by atoms with E-state index in [-0.39, 0.29) is 18.0 Å². The van der Waals surface area contributed by atoms with Crippen molar-refractivity contribution in [2.45, 2.75) is 6.17 Å². The van der Waals surface area contributed by atoms with Crippen LogP contribution in [-0.4, -0.2) is 59.3 Å². The Bertz CT molecular complexity index is 637. The number of hydrogen-bond donors (Lipinski definition) is 1. The third-order valence-electron chi connectivity index (χ3n) is 3.70. The Morgan fingerprint density at radius 2 is 2.25 bits per heavy atom. The number of aromatic nitrogens is 3. The molecule has 0 aliphatic carbocycles. The lowest BCUT2D eigenvalue weighted by Gasteiger charge is -2.48. The number of hydrogen-bond acceptors (Lipinski definition) is 5. The Balaban J connectivity index is 1.83. The Hall–Kier alpha value is -2.15. The van der Waals surface area contributed by atoms with Crippen molar-refractivity contribution < 1.29 is 4.79 Å². The van der Waals surface area contributed by atoms with E-state index >= 15 is 0 Å². The van der Waals surface area contributed by atoms with Gasteiger partial charge in [0.25, 0.3) is 0 Å². The zero-order chi connectivity index (χ0) is 14.3. The van der Waals surface area contributed by atoms with Gasteiger partial charge in [-0.15, -0.1) is 0 Å². The minimum atomic E-state index is -0.0297. The van der Waals surface area contributed by atoms with Crippen molar-refractivity contribution in [2.75, 3.05) is 32.6 Å². The molecule has 7 heteroatoms. The number of nitrogens with zero attached hydrogens (tertiary/aromatic N) is 5. The van der Waals surface area contributed by atoms with Gasteiger partial charge < -0.3 is 9.80 Å². The van der Waals surface area contributed by atoms with Gasteiger partial charge in [0.15, 0.2) is 5.65 Å². The summed E-state index contributed by atoms with van der Waals surface area (Å²) in [5.41, 5.74) is 0.805. The molecular weight excluding hydrogens is 256 g/mol. The van der Waals surface area contributed by atoms with Crippen molar-refractivity contribution in [1.29, 1.82) is 0 Å². The van der Waals surface area contributed by atoms with E-state index in [1.165, 1.54) is 0 Å². The average molecular weight is 274 g/mol. The highest BCUT2D eigenvalue weighted by Crippen LogP contribution is 2.29. The quantitative estimate of drug-likeness (QED) is 0.839. The third kappa shape index (κ3) is 1.90. The first-order valence-electron chi connectivity index (χ1n) is 6.57. The average Bonchev–Trinajstić information content (AvgIpc) is 2.85. The molecule has 0 saturated carbocycles. The molecule has 1 saturated heterocycles. The molecule has 0 radical (unpaired) electrons. The SMILES string of the molecule is CNC1C(C(=O)N(C)C)CN1c1ccn2nccc2n1. The summed E-state index contributed by atoms with van der Waals surface area (Å²) in [5, 5.41) is 7.32. The van der Waals surface area contributed by atoms with Crippen LogP contribution in [0.1, 0.15) is 0 Å². The minimum Gasteiger partial charge on any atom is -0.348 e. The molecular formula is C13H18N6O. The summed E-state index contributed by atoms with van der Waals surface area (Å²) in [4.78, 5) is 20.4. The largest absolute Gasteiger partial charge is 0.348 e. The van der Waals surface area contributed by atoms with E-state index < -0.39 is 0 Å². The van der Waals surface area contributed by atoms with E-state index in [0.29, 0.717) is 6.54 Å². The fourth-order valence-corrected chi connectivity index (χ4v) is 2.60. The molecule has 20 heavy (non-hydrogen) atoms. The smallest absolute Gasteiger partial charge is 0.230 e. The van der Waals surface area contributed by atoms with Gasteiger partial charge in [0, 0.05) is 32.9 Å². The van der Waals surface area contributed by atoms with Crippen LogP contribution in [0.3, 0.4) is 0 Å². The molecule has 7 nitrogen and oxygen atoms in total. The molecule has 2 aromatic rings. The standard InChI is InChI=1S/C13H18N6O/c1-14-12-9(13(20)17(2)3)8-18(12)10-5-7-19-11(16-10)4-6-15-19/h4-7,9,12,14H,8H2,1-3H3. The predicted octanol–water partition coefficient (Wildman–Crippen LogP) is -0.201. The molecule has 1 amide bonds. The lowest BCUT2D eigenvalue weighted by atomic mass is 9.93. The lowest BCUT2D eigenvalue weighted by molar-refractivity contribution is -0.135. The molecule has 2 unspecified atom stereocenters. The molecule has 2 atom stereocenters. The van der Waals surface area contributed by atoms with Crippen LogP contribution >= 0.6 is 0 Å². The van der Waals surface area contributed by atoms with Crippen LogP contribution in [0.15, 0.2) is 24.5 Å². The number of anilines is 1. The highest BCUT2D eigenvalue weighted by atomic mass is 16.2. The van der Waals surface area contributed by atoms with Crippen LogP contribution in [0, 0.1) is 5.92 Å². The molecule has 0 bridgehead atoms. The second-order valence-corrected chi connectivity index (χ2v) is 5.14. The second kappa shape index (κ2) is 4.75. The molecule has 3 rings (SSSR count). The Morgan fingerprint density at radius 3 is 2.95 bits per heavy atom. The topological polar surface area (TPSA) is 65.8 Å². The molecule has 2 aromatic heterocycles. The van der Waals surface area contributed by atoms with Crippen LogP contribution in [0.4, 0.5) is 5.82 Å². The molecule has 1 N–H and O–H groups in total. The number of rotatable bonds is 3. The molecule has 1 fully saturated rings. The number of nitrogens with one attached hydrogen (secondary N) is 1. The van der Waals surface area contributed by atoms with E-state index in [9.17, 15) is 4.79 Å². The van der Waals surface area contributed by atoms with Crippen LogP contribution in [0.25, 0.3) is 5.65 Å². The first-order chi connectivity index (χ1) is 9.61. The summed E-state index contributed by atoms with van der Waals surface area (Å²) in [6.45, 7) is 0.680. The predicted molar refractivity (Wildman–Crippen MR) is 75.4 cm³/mol. The van der Waals surface area contributed by atoms with E-state index in [1.807, 2.05) is 25.4 Å². The maximum Gasteiger partial charge on any atom is 0.230 e. The number of amides is 1. The van der Waals surface area contributed by atoms with Crippen molar-refractivity contribution >= 4 is 17.4 Å². The zero-order valence-corrected chi connectivity index (χ0v) is 11.8. The van der Waals surface area contributed by atoms with Gasteiger partial charge in [-0.05, 0) is 13.1 Å². The summed E-state index contributed by atoms with van der Waals surface area (Å²) in [7, 11) is 5.44. The summed E-state index contributed by atoms with van der Waals surface area (Å²) in [6, 6.07) is 3.78. The maximum absolute atomic E-state index is 12.1. The number of carbonyl (C=O) groups is 1. The van der Waals surface area contributed by atoms with Gasteiger partial charge in [-0.1, -0.05) is 0 Å². The van der Waals surface area contributed by atoms with Crippen molar-refractivity contribution in [2.24, 2.45) is 5.92 Å². The molecule has 3 heterocycles. The van der Waals surface area contributed by atoms with Gasteiger partial charge in [-0.3, -0.25) is 10.1 Å². The minimum absolute atomic E-state index is 0.0113. The van der Waals surface area contributed by atoms with Gasteiger partial charge in [-0.2, -0.15) is 5.10 Å². The van der Waals surface area contributed by atoms with E-state index in [2.05, 4.69) is 20.3 Å². The first-order valence-corrected chi connectivity index (χ1v) is 6.57. The van der Waals surface area contributed by atoms with Crippen molar-refractivity contribution in [3.63, 3.8) is 0 Å². The van der Waals surface area contributed by atoms with Crippen LogP contribution in [0.2, 0.25) is 0 Å². The van der Waals surface area contributed by atoms with Gasteiger partial charge in [0.2, 0.25) is 5.91 Å².